The molecule has 0 N–H and O–H groups in total. The number of esters is 1. The van der Waals surface area contributed by atoms with Crippen LogP contribution >= 0.6 is 0 Å². The standard InChI is InChI=1S/C19H32N4O4S/c1-4-10-22(11-5-2)28(25,26)23-13-7-12-21(14-15-23)18-9-8-17(16-20-18)19(24)27-6-3/h8-9,16H,4-7,10-15H2,1-3H3. The van der Waals surface area contributed by atoms with E-state index in [9.17, 15) is 13.2 Å². The van der Waals surface area contributed by atoms with Gasteiger partial charge in [-0.25, -0.2) is 9.78 Å². The largest absolute Gasteiger partial charge is 0.462 e. The first-order valence-corrected chi connectivity index (χ1v) is 11.5. The van der Waals surface area contributed by atoms with Gasteiger partial charge in [0, 0.05) is 45.5 Å². The molecule has 0 aliphatic carbocycles. The van der Waals surface area contributed by atoms with Crippen LogP contribution in [-0.4, -0.2) is 73.9 Å². The minimum atomic E-state index is -3.44. The summed E-state index contributed by atoms with van der Waals surface area (Å²) < 4.78 is 34.2. The Hall–Kier alpha value is -1.71. The SMILES string of the molecule is CCCN(CCC)S(=O)(=O)N1CCCN(c2ccc(C(=O)OCC)cn2)CC1. The zero-order valence-corrected chi connectivity index (χ0v) is 17.9. The molecule has 0 radical (unpaired) electrons. The van der Waals surface area contributed by atoms with Crippen LogP contribution < -0.4 is 4.90 Å². The van der Waals surface area contributed by atoms with Crippen LogP contribution in [0.5, 0.6) is 0 Å². The molecule has 0 saturated carbocycles. The molecule has 158 valence electrons. The second-order valence-corrected chi connectivity index (χ2v) is 8.70. The van der Waals surface area contributed by atoms with E-state index in [1.807, 2.05) is 13.8 Å². The normalized spacial score (nSPS) is 16.2. The molecule has 28 heavy (non-hydrogen) atoms. The molecular weight excluding hydrogens is 380 g/mol. The van der Waals surface area contributed by atoms with E-state index in [0.29, 0.717) is 44.9 Å². The smallest absolute Gasteiger partial charge is 0.339 e. The summed E-state index contributed by atoms with van der Waals surface area (Å²) in [7, 11) is -3.44. The van der Waals surface area contributed by atoms with Crippen molar-refractivity contribution in [2.45, 2.75) is 40.0 Å². The Morgan fingerprint density at radius 3 is 2.39 bits per heavy atom. The Balaban J connectivity index is 2.05. The van der Waals surface area contributed by atoms with Crippen molar-refractivity contribution in [1.82, 2.24) is 13.6 Å². The lowest BCUT2D eigenvalue weighted by Crippen LogP contribution is -2.46. The molecule has 0 atom stereocenters. The minimum Gasteiger partial charge on any atom is -0.462 e. The molecule has 0 bridgehead atoms. The molecule has 9 heteroatoms. The topological polar surface area (TPSA) is 83.1 Å². The summed E-state index contributed by atoms with van der Waals surface area (Å²) in [5.41, 5.74) is 0.416. The fraction of sp³-hybridized carbons (Fsp3) is 0.684. The third kappa shape index (κ3) is 5.65. The molecule has 0 unspecified atom stereocenters. The number of nitrogens with zero attached hydrogens (tertiary/aromatic N) is 4. The van der Waals surface area contributed by atoms with Crippen LogP contribution in [0.4, 0.5) is 5.82 Å². The van der Waals surface area contributed by atoms with Crippen molar-refractivity contribution in [1.29, 1.82) is 0 Å². The van der Waals surface area contributed by atoms with Gasteiger partial charge in [0.05, 0.1) is 12.2 Å². The molecule has 1 aromatic rings. The van der Waals surface area contributed by atoms with Crippen molar-refractivity contribution in [3.8, 4) is 0 Å². The van der Waals surface area contributed by atoms with Crippen LogP contribution in [-0.2, 0) is 14.9 Å². The summed E-state index contributed by atoms with van der Waals surface area (Å²) in [6.07, 6.45) is 3.84. The number of aromatic nitrogens is 1. The van der Waals surface area contributed by atoms with Gasteiger partial charge in [-0.05, 0) is 38.3 Å². The fourth-order valence-electron chi connectivity index (χ4n) is 3.27. The zero-order chi connectivity index (χ0) is 20.6. The number of rotatable bonds is 9. The first kappa shape index (κ1) is 22.6. The Kier molecular flexibility index (Phi) is 8.65. The van der Waals surface area contributed by atoms with Crippen molar-refractivity contribution in [3.63, 3.8) is 0 Å². The van der Waals surface area contributed by atoms with E-state index in [2.05, 4.69) is 9.88 Å². The Labute approximate surface area is 168 Å². The van der Waals surface area contributed by atoms with E-state index in [0.717, 1.165) is 31.6 Å². The predicted octanol–water partition coefficient (Wildman–Crippen LogP) is 2.14. The fourth-order valence-corrected chi connectivity index (χ4v) is 5.09. The van der Waals surface area contributed by atoms with Gasteiger partial charge < -0.3 is 9.64 Å². The number of carbonyl (C=O) groups excluding carboxylic acids is 1. The molecule has 0 aromatic carbocycles. The average Bonchev–Trinajstić information content (AvgIpc) is 2.95. The Morgan fingerprint density at radius 2 is 1.82 bits per heavy atom. The first-order valence-electron chi connectivity index (χ1n) is 10.1. The van der Waals surface area contributed by atoms with Crippen LogP contribution in [0, 0.1) is 0 Å². The first-order chi connectivity index (χ1) is 13.4. The van der Waals surface area contributed by atoms with Crippen LogP contribution in [0.15, 0.2) is 18.3 Å². The van der Waals surface area contributed by atoms with Gasteiger partial charge in [-0.15, -0.1) is 0 Å². The van der Waals surface area contributed by atoms with Crippen molar-refractivity contribution < 1.29 is 17.9 Å². The molecule has 8 nitrogen and oxygen atoms in total. The number of anilines is 1. The summed E-state index contributed by atoms with van der Waals surface area (Å²) in [6.45, 7) is 9.39. The highest BCUT2D eigenvalue weighted by molar-refractivity contribution is 7.86. The van der Waals surface area contributed by atoms with Gasteiger partial charge in [-0.3, -0.25) is 0 Å². The van der Waals surface area contributed by atoms with Crippen molar-refractivity contribution in [2.24, 2.45) is 0 Å². The highest BCUT2D eigenvalue weighted by Crippen LogP contribution is 2.18. The van der Waals surface area contributed by atoms with Crippen LogP contribution in [0.3, 0.4) is 0 Å². The summed E-state index contributed by atoms with van der Waals surface area (Å²) in [5.74, 6) is 0.355. The van der Waals surface area contributed by atoms with E-state index in [1.54, 1.807) is 27.7 Å². The van der Waals surface area contributed by atoms with E-state index >= 15 is 0 Å². The average molecular weight is 413 g/mol. The monoisotopic (exact) mass is 412 g/mol. The molecule has 0 spiro atoms. The highest BCUT2D eigenvalue weighted by atomic mass is 32.2. The lowest BCUT2D eigenvalue weighted by atomic mass is 10.2. The van der Waals surface area contributed by atoms with Crippen LogP contribution in [0.25, 0.3) is 0 Å². The minimum absolute atomic E-state index is 0.324. The van der Waals surface area contributed by atoms with Gasteiger partial charge in [-0.1, -0.05) is 13.8 Å². The Morgan fingerprint density at radius 1 is 1.11 bits per heavy atom. The number of carbonyl (C=O) groups is 1. The third-order valence-electron chi connectivity index (χ3n) is 4.64. The summed E-state index contributed by atoms with van der Waals surface area (Å²) in [5, 5.41) is 0. The van der Waals surface area contributed by atoms with E-state index in [1.165, 1.54) is 6.20 Å². The predicted molar refractivity (Wildman–Crippen MR) is 110 cm³/mol. The summed E-state index contributed by atoms with van der Waals surface area (Å²) >= 11 is 0. The highest BCUT2D eigenvalue weighted by Gasteiger charge is 2.30. The maximum absolute atomic E-state index is 13.0. The van der Waals surface area contributed by atoms with Gasteiger partial charge in [0.25, 0.3) is 10.2 Å². The molecule has 2 heterocycles. The van der Waals surface area contributed by atoms with Crippen LogP contribution in [0.2, 0.25) is 0 Å². The molecule has 1 saturated heterocycles. The third-order valence-corrected chi connectivity index (χ3v) is 6.67. The lowest BCUT2D eigenvalue weighted by molar-refractivity contribution is 0.0526. The van der Waals surface area contributed by atoms with Gasteiger partial charge >= 0.3 is 5.97 Å². The van der Waals surface area contributed by atoms with Crippen molar-refractivity contribution >= 4 is 22.0 Å². The van der Waals surface area contributed by atoms with Gasteiger partial charge in [-0.2, -0.15) is 17.0 Å². The van der Waals surface area contributed by atoms with Gasteiger partial charge in [0.2, 0.25) is 0 Å². The second kappa shape index (κ2) is 10.7. The number of hydrogen-bond donors (Lipinski definition) is 0. The second-order valence-electron chi connectivity index (χ2n) is 6.77. The number of ether oxygens (including phenoxy) is 1. The number of hydrogen-bond acceptors (Lipinski definition) is 6. The molecule has 0 amide bonds. The zero-order valence-electron chi connectivity index (χ0n) is 17.1. The van der Waals surface area contributed by atoms with E-state index in [-0.39, 0.29) is 5.97 Å². The van der Waals surface area contributed by atoms with Crippen molar-refractivity contribution in [2.75, 3.05) is 50.8 Å². The molecule has 1 aromatic heterocycles. The Bertz CT molecular complexity index is 718. The molecule has 1 aliphatic heterocycles. The quantitative estimate of drug-likeness (QED) is 0.578. The molecular formula is C19H32N4O4S. The van der Waals surface area contributed by atoms with Gasteiger partial charge in [0.15, 0.2) is 0 Å². The van der Waals surface area contributed by atoms with Gasteiger partial charge in [0.1, 0.15) is 5.82 Å². The molecule has 1 fully saturated rings. The summed E-state index contributed by atoms with van der Waals surface area (Å²) in [4.78, 5) is 18.2. The van der Waals surface area contributed by atoms with Crippen LogP contribution in [0.1, 0.15) is 50.4 Å². The maximum atomic E-state index is 13.0. The maximum Gasteiger partial charge on any atom is 0.339 e. The number of pyridine rings is 1. The lowest BCUT2D eigenvalue weighted by Gasteiger charge is -2.29. The summed E-state index contributed by atoms with van der Waals surface area (Å²) in [6, 6.07) is 3.49. The van der Waals surface area contributed by atoms with E-state index in [4.69, 9.17) is 4.74 Å². The molecule has 2 rings (SSSR count). The molecule has 1 aliphatic rings. The van der Waals surface area contributed by atoms with E-state index < -0.39 is 10.2 Å². The van der Waals surface area contributed by atoms with Crippen molar-refractivity contribution in [3.05, 3.63) is 23.9 Å².